The summed E-state index contributed by atoms with van der Waals surface area (Å²) in [4.78, 5) is 28.9. The Kier molecular flexibility index (Phi) is 7.31. The minimum Gasteiger partial charge on any atom is -0.374 e. The van der Waals surface area contributed by atoms with Crippen LogP contribution in [0.5, 0.6) is 0 Å². The first kappa shape index (κ1) is 20.6. The Labute approximate surface area is 168 Å². The molecule has 0 spiro atoms. The number of likely N-dealkylation sites (tertiary alicyclic amines) is 1. The molecule has 0 saturated carbocycles. The third kappa shape index (κ3) is 5.04. The molecule has 1 fully saturated rings. The summed E-state index contributed by atoms with van der Waals surface area (Å²) < 4.78 is 0. The van der Waals surface area contributed by atoms with Crippen LogP contribution in [0.3, 0.4) is 0 Å². The highest BCUT2D eigenvalue weighted by atomic mass is 16.2. The zero-order chi connectivity index (χ0) is 19.9. The van der Waals surface area contributed by atoms with E-state index in [1.807, 2.05) is 6.92 Å². The number of anilines is 1. The van der Waals surface area contributed by atoms with Crippen LogP contribution < -0.4 is 15.5 Å². The molecule has 28 heavy (non-hydrogen) atoms. The normalized spacial score (nSPS) is 18.3. The predicted molar refractivity (Wildman–Crippen MR) is 113 cm³/mol. The van der Waals surface area contributed by atoms with Crippen molar-refractivity contribution in [3.05, 3.63) is 29.3 Å². The number of hydrogen-bond donors (Lipinski definition) is 2. The van der Waals surface area contributed by atoms with Crippen molar-refractivity contribution in [1.82, 2.24) is 15.5 Å². The van der Waals surface area contributed by atoms with Crippen LogP contribution in [-0.4, -0.2) is 56.5 Å². The Balaban J connectivity index is 1.74. The van der Waals surface area contributed by atoms with Crippen LogP contribution in [0.25, 0.3) is 0 Å². The number of benzene rings is 1. The second-order valence-corrected chi connectivity index (χ2v) is 7.99. The molecule has 154 valence electrons. The topological polar surface area (TPSA) is 64.7 Å². The summed E-state index contributed by atoms with van der Waals surface area (Å²) in [5, 5.41) is 5.52. The highest BCUT2D eigenvalue weighted by Gasteiger charge is 2.25. The van der Waals surface area contributed by atoms with E-state index >= 15 is 0 Å². The number of aryl methyl sites for hydroxylation is 1. The number of hydrogen-bond acceptors (Lipinski definition) is 4. The Morgan fingerprint density at radius 3 is 2.54 bits per heavy atom. The van der Waals surface area contributed by atoms with Gasteiger partial charge in [0.1, 0.15) is 0 Å². The summed E-state index contributed by atoms with van der Waals surface area (Å²) in [5.74, 6) is -1.07. The molecule has 1 aromatic carbocycles. The molecule has 0 aromatic heterocycles. The van der Waals surface area contributed by atoms with E-state index in [9.17, 15) is 9.59 Å². The van der Waals surface area contributed by atoms with Crippen molar-refractivity contribution in [1.29, 1.82) is 0 Å². The van der Waals surface area contributed by atoms with Gasteiger partial charge in [-0.05, 0) is 62.4 Å². The molecule has 1 saturated heterocycles. The summed E-state index contributed by atoms with van der Waals surface area (Å²) in [6.45, 7) is 6.15. The Hall–Kier alpha value is -2.08. The highest BCUT2D eigenvalue weighted by Crippen LogP contribution is 2.31. The maximum Gasteiger partial charge on any atom is 0.309 e. The molecule has 3 rings (SSSR count). The van der Waals surface area contributed by atoms with Gasteiger partial charge in [-0.3, -0.25) is 14.5 Å². The van der Waals surface area contributed by atoms with E-state index in [0.29, 0.717) is 13.1 Å². The first-order valence-corrected chi connectivity index (χ1v) is 10.7. The average Bonchev–Trinajstić information content (AvgIpc) is 2.73. The fourth-order valence-corrected chi connectivity index (χ4v) is 4.29. The van der Waals surface area contributed by atoms with Gasteiger partial charge in [0.25, 0.3) is 0 Å². The third-order valence-electron chi connectivity index (χ3n) is 5.87. The number of rotatable bonds is 6. The number of piperidine rings is 1. The Morgan fingerprint density at radius 2 is 1.79 bits per heavy atom. The standard InChI is InChI=1S/C22H34N4O2/c1-3-11-23-21(27)22(28)24-16-20(26-13-5-4-6-14-26)18-9-10-19-17(15-18)8-7-12-25(19)2/h9-10,15,20H,3-8,11-14,16H2,1-2H3,(H,23,27)(H,24,28)/t20-/m0/s1. The van der Waals surface area contributed by atoms with Crippen molar-refractivity contribution in [2.45, 2.75) is 51.5 Å². The number of amides is 2. The van der Waals surface area contributed by atoms with Crippen molar-refractivity contribution in [3.8, 4) is 0 Å². The van der Waals surface area contributed by atoms with E-state index in [-0.39, 0.29) is 6.04 Å². The molecular weight excluding hydrogens is 352 g/mol. The van der Waals surface area contributed by atoms with Gasteiger partial charge >= 0.3 is 11.8 Å². The number of nitrogens with one attached hydrogen (secondary N) is 2. The first-order valence-electron chi connectivity index (χ1n) is 10.7. The molecule has 2 amide bonds. The van der Waals surface area contributed by atoms with Crippen LogP contribution in [0.1, 0.15) is 56.2 Å². The predicted octanol–water partition coefficient (Wildman–Crippen LogP) is 2.24. The number of nitrogens with zero attached hydrogens (tertiary/aromatic N) is 2. The largest absolute Gasteiger partial charge is 0.374 e. The number of carbonyl (C=O) groups excluding carboxylic acids is 2. The first-order chi connectivity index (χ1) is 13.6. The fraction of sp³-hybridized carbons (Fsp3) is 0.636. The van der Waals surface area contributed by atoms with Crippen molar-refractivity contribution in [3.63, 3.8) is 0 Å². The van der Waals surface area contributed by atoms with Crippen LogP contribution in [0, 0.1) is 0 Å². The molecule has 0 radical (unpaired) electrons. The van der Waals surface area contributed by atoms with Crippen LogP contribution >= 0.6 is 0 Å². The van der Waals surface area contributed by atoms with Gasteiger partial charge in [0.2, 0.25) is 0 Å². The minimum absolute atomic E-state index is 0.112. The molecule has 1 aromatic rings. The lowest BCUT2D eigenvalue weighted by molar-refractivity contribution is -0.139. The van der Waals surface area contributed by atoms with Crippen LogP contribution in [-0.2, 0) is 16.0 Å². The van der Waals surface area contributed by atoms with Crippen LogP contribution in [0.15, 0.2) is 18.2 Å². The van der Waals surface area contributed by atoms with Gasteiger partial charge in [0, 0.05) is 32.4 Å². The third-order valence-corrected chi connectivity index (χ3v) is 5.87. The smallest absolute Gasteiger partial charge is 0.309 e. The lowest BCUT2D eigenvalue weighted by Gasteiger charge is -2.36. The number of carbonyl (C=O) groups is 2. The highest BCUT2D eigenvalue weighted by molar-refractivity contribution is 6.35. The van der Waals surface area contributed by atoms with Crippen molar-refractivity contribution < 1.29 is 9.59 Å². The molecule has 0 aliphatic carbocycles. The monoisotopic (exact) mass is 386 g/mol. The van der Waals surface area contributed by atoms with Gasteiger partial charge < -0.3 is 15.5 Å². The van der Waals surface area contributed by atoms with Crippen molar-refractivity contribution >= 4 is 17.5 Å². The minimum atomic E-state index is -0.536. The van der Waals surface area contributed by atoms with E-state index in [4.69, 9.17) is 0 Å². The fourth-order valence-electron chi connectivity index (χ4n) is 4.29. The van der Waals surface area contributed by atoms with Gasteiger partial charge in [0.15, 0.2) is 0 Å². The maximum absolute atomic E-state index is 12.2. The van der Waals surface area contributed by atoms with Crippen LogP contribution in [0.4, 0.5) is 5.69 Å². The molecule has 2 heterocycles. The molecule has 2 N–H and O–H groups in total. The molecule has 6 nitrogen and oxygen atoms in total. The molecule has 0 bridgehead atoms. The zero-order valence-electron chi connectivity index (χ0n) is 17.3. The lowest BCUT2D eigenvalue weighted by Crippen LogP contribution is -2.45. The van der Waals surface area contributed by atoms with Crippen molar-refractivity contribution in [2.24, 2.45) is 0 Å². The van der Waals surface area contributed by atoms with Crippen LogP contribution in [0.2, 0.25) is 0 Å². The van der Waals surface area contributed by atoms with E-state index < -0.39 is 11.8 Å². The number of fused-ring (bicyclic) bond motifs is 1. The Morgan fingerprint density at radius 1 is 1.04 bits per heavy atom. The quantitative estimate of drug-likeness (QED) is 0.736. The summed E-state index contributed by atoms with van der Waals surface area (Å²) >= 11 is 0. The average molecular weight is 387 g/mol. The van der Waals surface area contributed by atoms with Gasteiger partial charge in [-0.15, -0.1) is 0 Å². The summed E-state index contributed by atoms with van der Waals surface area (Å²) in [5.41, 5.74) is 3.95. The molecule has 2 aliphatic rings. The van der Waals surface area contributed by atoms with Gasteiger partial charge in [0.05, 0.1) is 6.04 Å². The van der Waals surface area contributed by atoms with Crippen molar-refractivity contribution in [2.75, 3.05) is 44.7 Å². The Bertz CT molecular complexity index is 685. The molecule has 6 heteroatoms. The van der Waals surface area contributed by atoms with Gasteiger partial charge in [-0.1, -0.05) is 25.5 Å². The van der Waals surface area contributed by atoms with E-state index in [2.05, 4.69) is 45.7 Å². The second-order valence-electron chi connectivity index (χ2n) is 7.99. The summed E-state index contributed by atoms with van der Waals surface area (Å²) in [7, 11) is 2.15. The SMILES string of the molecule is CCCNC(=O)C(=O)NC[C@@H](c1ccc2c(c1)CCCN2C)N1CCCCC1. The summed E-state index contributed by atoms with van der Waals surface area (Å²) in [6, 6.07) is 6.84. The van der Waals surface area contributed by atoms with E-state index in [1.54, 1.807) is 0 Å². The van der Waals surface area contributed by atoms with Gasteiger partial charge in [-0.25, -0.2) is 0 Å². The molecule has 2 aliphatic heterocycles. The zero-order valence-corrected chi connectivity index (χ0v) is 17.3. The lowest BCUT2D eigenvalue weighted by atomic mass is 9.95. The van der Waals surface area contributed by atoms with E-state index in [0.717, 1.165) is 32.5 Å². The summed E-state index contributed by atoms with van der Waals surface area (Å²) in [6.07, 6.45) is 6.74. The molecule has 1 atom stereocenters. The molecule has 0 unspecified atom stereocenters. The maximum atomic E-state index is 12.2. The molecular formula is C22H34N4O2. The van der Waals surface area contributed by atoms with E-state index in [1.165, 1.54) is 42.5 Å². The van der Waals surface area contributed by atoms with Gasteiger partial charge in [-0.2, -0.15) is 0 Å². The second kappa shape index (κ2) is 9.92.